The number of hydrogen-bond acceptors (Lipinski definition) is 0. The van der Waals surface area contributed by atoms with Gasteiger partial charge in [-0.15, -0.1) is 0 Å². The first kappa shape index (κ1) is 14.9. The van der Waals surface area contributed by atoms with Crippen LogP contribution in [0, 0.1) is 6.92 Å². The Hall–Kier alpha value is -2.61. The van der Waals surface area contributed by atoms with E-state index in [2.05, 4.69) is 98.1 Å². The van der Waals surface area contributed by atoms with Gasteiger partial charge in [0.1, 0.15) is 7.05 Å². The Kier molecular flexibility index (Phi) is 3.24. The first-order valence-corrected chi connectivity index (χ1v) is 8.46. The average molecular weight is 315 g/mol. The third kappa shape index (κ3) is 2.06. The number of para-hydroxylation sites is 2. The number of fused-ring (bicyclic) bond motifs is 2. The number of H-pyrrole nitrogens is 1. The van der Waals surface area contributed by atoms with Crippen molar-refractivity contribution in [2.24, 2.45) is 0 Å². The minimum atomic E-state index is 0.0157. The number of hydrogen-bond donors (Lipinski definition) is 1. The highest BCUT2D eigenvalue weighted by Crippen LogP contribution is 2.39. The predicted octanol–water partition coefficient (Wildman–Crippen LogP) is 5.20. The van der Waals surface area contributed by atoms with E-state index in [1.165, 1.54) is 39.1 Å². The molecule has 2 heterocycles. The van der Waals surface area contributed by atoms with Crippen molar-refractivity contribution in [1.82, 2.24) is 4.98 Å². The van der Waals surface area contributed by atoms with Crippen LogP contribution in [0.15, 0.2) is 54.6 Å². The fourth-order valence-corrected chi connectivity index (χ4v) is 3.98. The van der Waals surface area contributed by atoms with E-state index in [4.69, 9.17) is 0 Å². The summed E-state index contributed by atoms with van der Waals surface area (Å²) >= 11 is 0. The lowest BCUT2D eigenvalue weighted by Crippen LogP contribution is -2.26. The van der Waals surface area contributed by atoms with Gasteiger partial charge in [-0.05, 0) is 32.9 Å². The lowest BCUT2D eigenvalue weighted by atomic mass is 9.81. The van der Waals surface area contributed by atoms with Crippen molar-refractivity contribution < 1.29 is 4.58 Å². The van der Waals surface area contributed by atoms with Gasteiger partial charge in [0, 0.05) is 39.9 Å². The molecule has 1 aliphatic rings. The maximum absolute atomic E-state index is 3.48. The molecule has 0 unspecified atom stereocenters. The third-order valence-electron chi connectivity index (χ3n) is 5.29. The van der Waals surface area contributed by atoms with Gasteiger partial charge < -0.3 is 4.98 Å². The van der Waals surface area contributed by atoms with E-state index in [-0.39, 0.29) is 5.41 Å². The Bertz CT molecular complexity index is 1000. The molecule has 120 valence electrons. The van der Waals surface area contributed by atoms with Crippen LogP contribution in [-0.2, 0) is 5.41 Å². The molecule has 2 aromatic carbocycles. The van der Waals surface area contributed by atoms with Crippen LogP contribution >= 0.6 is 0 Å². The number of aryl methyl sites for hydroxylation is 1. The summed E-state index contributed by atoms with van der Waals surface area (Å²) in [6.45, 7) is 6.75. The zero-order valence-electron chi connectivity index (χ0n) is 14.7. The number of rotatable bonds is 2. The van der Waals surface area contributed by atoms with Crippen LogP contribution in [0.5, 0.6) is 0 Å². The zero-order valence-corrected chi connectivity index (χ0v) is 14.7. The molecule has 24 heavy (non-hydrogen) atoms. The summed E-state index contributed by atoms with van der Waals surface area (Å²) in [6, 6.07) is 17.2. The second kappa shape index (κ2) is 5.20. The normalized spacial score (nSPS) is 16.3. The van der Waals surface area contributed by atoms with Gasteiger partial charge in [0.25, 0.3) is 0 Å². The van der Waals surface area contributed by atoms with E-state index in [0.29, 0.717) is 0 Å². The van der Waals surface area contributed by atoms with Gasteiger partial charge in [-0.3, -0.25) is 0 Å². The smallest absolute Gasteiger partial charge is 0.209 e. The molecule has 3 aromatic rings. The molecule has 0 amide bonds. The highest BCUT2D eigenvalue weighted by Gasteiger charge is 2.42. The molecule has 0 saturated carbocycles. The Morgan fingerprint density at radius 1 is 0.958 bits per heavy atom. The second-order valence-corrected chi connectivity index (χ2v) is 7.13. The molecular formula is C22H23N2+. The standard InChI is InChI=1S/C22H22N2/c1-15-16(17-9-5-7-11-19(17)23-15)13-14-21-22(2,3)18-10-6-8-12-20(18)24(21)4/h5-14H,1-4H3/p+1. The van der Waals surface area contributed by atoms with E-state index < -0.39 is 0 Å². The Labute approximate surface area is 143 Å². The van der Waals surface area contributed by atoms with Gasteiger partial charge >= 0.3 is 0 Å². The van der Waals surface area contributed by atoms with Crippen molar-refractivity contribution in [2.75, 3.05) is 7.05 Å². The van der Waals surface area contributed by atoms with Crippen molar-refractivity contribution >= 4 is 28.4 Å². The Morgan fingerprint density at radius 2 is 1.67 bits per heavy atom. The van der Waals surface area contributed by atoms with E-state index in [0.717, 1.165) is 0 Å². The summed E-state index contributed by atoms with van der Waals surface area (Å²) in [5, 5.41) is 1.28. The van der Waals surface area contributed by atoms with Gasteiger partial charge in [-0.1, -0.05) is 36.4 Å². The fraction of sp³-hybridized carbons (Fsp3) is 0.227. The van der Waals surface area contributed by atoms with Crippen LogP contribution in [0.2, 0.25) is 0 Å². The third-order valence-corrected chi connectivity index (χ3v) is 5.29. The summed E-state index contributed by atoms with van der Waals surface area (Å²) < 4.78 is 2.32. The molecule has 0 aliphatic carbocycles. The summed E-state index contributed by atoms with van der Waals surface area (Å²) in [5.41, 5.74) is 7.72. The first-order valence-electron chi connectivity index (χ1n) is 8.46. The highest BCUT2D eigenvalue weighted by molar-refractivity contribution is 6.06. The molecule has 4 rings (SSSR count). The quantitative estimate of drug-likeness (QED) is 0.627. The average Bonchev–Trinajstić information content (AvgIpc) is 2.99. The minimum Gasteiger partial charge on any atom is -0.358 e. The van der Waals surface area contributed by atoms with Gasteiger partial charge in [0.15, 0.2) is 5.71 Å². The van der Waals surface area contributed by atoms with Crippen molar-refractivity contribution in [3.05, 3.63) is 71.4 Å². The number of benzene rings is 2. The lowest BCUT2D eigenvalue weighted by Gasteiger charge is -2.15. The van der Waals surface area contributed by atoms with Crippen LogP contribution in [0.4, 0.5) is 5.69 Å². The van der Waals surface area contributed by atoms with Crippen LogP contribution in [0.1, 0.15) is 30.7 Å². The molecule has 2 heteroatoms. The molecule has 0 saturated heterocycles. The summed E-state index contributed by atoms with van der Waals surface area (Å²) in [5.74, 6) is 0. The first-order chi connectivity index (χ1) is 11.5. The van der Waals surface area contributed by atoms with Crippen molar-refractivity contribution in [2.45, 2.75) is 26.2 Å². The molecule has 0 radical (unpaired) electrons. The SMILES string of the molecule is Cc1[nH]c2ccccc2c1/C=C/C1=[N+](C)c2ccccc2C1(C)C. The van der Waals surface area contributed by atoms with Crippen LogP contribution < -0.4 is 0 Å². The molecule has 1 aliphatic heterocycles. The van der Waals surface area contributed by atoms with E-state index >= 15 is 0 Å². The van der Waals surface area contributed by atoms with Crippen LogP contribution in [0.25, 0.3) is 17.0 Å². The summed E-state index contributed by atoms with van der Waals surface area (Å²) in [4.78, 5) is 3.48. The molecule has 0 spiro atoms. The minimum absolute atomic E-state index is 0.0157. The number of aromatic amines is 1. The highest BCUT2D eigenvalue weighted by atomic mass is 15.0. The largest absolute Gasteiger partial charge is 0.358 e. The van der Waals surface area contributed by atoms with E-state index in [1.807, 2.05) is 0 Å². The Balaban J connectivity index is 1.82. The van der Waals surface area contributed by atoms with Gasteiger partial charge in [-0.25, -0.2) is 0 Å². The van der Waals surface area contributed by atoms with Gasteiger partial charge in [0.05, 0.1) is 5.41 Å². The zero-order chi connectivity index (χ0) is 16.9. The van der Waals surface area contributed by atoms with Crippen molar-refractivity contribution in [1.29, 1.82) is 0 Å². The summed E-state index contributed by atoms with van der Waals surface area (Å²) in [6.07, 6.45) is 4.54. The van der Waals surface area contributed by atoms with Crippen molar-refractivity contribution in [3.63, 3.8) is 0 Å². The molecule has 1 N–H and O–H groups in total. The Morgan fingerprint density at radius 3 is 2.46 bits per heavy atom. The van der Waals surface area contributed by atoms with E-state index in [1.54, 1.807) is 0 Å². The molecular weight excluding hydrogens is 292 g/mol. The monoisotopic (exact) mass is 315 g/mol. The molecule has 0 atom stereocenters. The van der Waals surface area contributed by atoms with Gasteiger partial charge in [-0.2, -0.15) is 4.58 Å². The number of nitrogens with one attached hydrogen (secondary N) is 1. The van der Waals surface area contributed by atoms with Gasteiger partial charge in [0.2, 0.25) is 5.69 Å². The summed E-state index contributed by atoms with van der Waals surface area (Å²) in [7, 11) is 2.16. The number of aromatic nitrogens is 1. The van der Waals surface area contributed by atoms with E-state index in [9.17, 15) is 0 Å². The molecule has 0 bridgehead atoms. The topological polar surface area (TPSA) is 18.8 Å². The van der Waals surface area contributed by atoms with Crippen molar-refractivity contribution in [3.8, 4) is 0 Å². The molecule has 1 aromatic heterocycles. The number of nitrogens with zero attached hydrogens (tertiary/aromatic N) is 1. The predicted molar refractivity (Wildman–Crippen MR) is 102 cm³/mol. The maximum atomic E-state index is 3.48. The second-order valence-electron chi connectivity index (χ2n) is 7.13. The van der Waals surface area contributed by atoms with Crippen LogP contribution in [0.3, 0.4) is 0 Å². The fourth-order valence-electron chi connectivity index (χ4n) is 3.98. The van der Waals surface area contributed by atoms with Crippen LogP contribution in [-0.4, -0.2) is 22.3 Å². The molecule has 2 nitrogen and oxygen atoms in total. The molecule has 0 fully saturated rings. The maximum Gasteiger partial charge on any atom is 0.209 e. The lowest BCUT2D eigenvalue weighted by molar-refractivity contribution is -0.401. The number of allylic oxidation sites excluding steroid dienone is 1.